The molecule has 0 aliphatic heterocycles. The normalized spacial score (nSPS) is 12.1. The molecule has 1 aromatic rings. The summed E-state index contributed by atoms with van der Waals surface area (Å²) in [4.78, 5) is 26.0. The average molecular weight is 327 g/mol. The summed E-state index contributed by atoms with van der Waals surface area (Å²) in [5.41, 5.74) is 0.903. The van der Waals surface area contributed by atoms with Crippen LogP contribution in [0.4, 0.5) is 0 Å². The van der Waals surface area contributed by atoms with E-state index in [1.807, 2.05) is 12.1 Å². The maximum atomic E-state index is 12.4. The minimum atomic E-state index is -0.614. The fourth-order valence-corrected chi connectivity index (χ4v) is 2.12. The van der Waals surface area contributed by atoms with Gasteiger partial charge in [-0.15, -0.1) is 0 Å². The lowest BCUT2D eigenvalue weighted by atomic mass is 10.1. The molecule has 1 rings (SSSR count). The lowest BCUT2D eigenvalue weighted by molar-refractivity contribution is -0.143. The van der Waals surface area contributed by atoms with E-state index in [1.54, 1.807) is 37.8 Å². The predicted octanol–water partition coefficient (Wildman–Crippen LogP) is 1.82. The van der Waals surface area contributed by atoms with Gasteiger partial charge in [0.1, 0.15) is 6.04 Å². The smallest absolute Gasteiger partial charge is 0.242 e. The van der Waals surface area contributed by atoms with Crippen molar-refractivity contribution in [2.45, 2.75) is 33.4 Å². The average Bonchev–Trinajstić information content (AvgIpc) is 2.50. The van der Waals surface area contributed by atoms with E-state index in [-0.39, 0.29) is 30.9 Å². The zero-order valence-corrected chi connectivity index (χ0v) is 13.9. The second kappa shape index (κ2) is 8.76. The lowest BCUT2D eigenvalue weighted by Gasteiger charge is -2.30. The van der Waals surface area contributed by atoms with Crippen LogP contribution in [0.25, 0.3) is 0 Å². The number of aliphatic hydroxyl groups excluding tert-OH is 1. The molecule has 6 heteroatoms. The second-order valence-electron chi connectivity index (χ2n) is 5.44. The Balaban J connectivity index is 2.90. The highest BCUT2D eigenvalue weighted by Gasteiger charge is 2.27. The van der Waals surface area contributed by atoms with E-state index in [0.29, 0.717) is 11.6 Å². The Labute approximate surface area is 136 Å². The van der Waals surface area contributed by atoms with Crippen LogP contribution < -0.4 is 5.32 Å². The molecule has 0 heterocycles. The molecule has 0 saturated heterocycles. The number of nitrogens with zero attached hydrogens (tertiary/aromatic N) is 1. The first-order valence-corrected chi connectivity index (χ1v) is 7.68. The molecule has 22 heavy (non-hydrogen) atoms. The van der Waals surface area contributed by atoms with E-state index in [1.165, 1.54) is 0 Å². The highest BCUT2D eigenvalue weighted by atomic mass is 35.5. The molecule has 0 aliphatic carbocycles. The quantitative estimate of drug-likeness (QED) is 0.803. The van der Waals surface area contributed by atoms with E-state index in [0.717, 1.165) is 5.56 Å². The van der Waals surface area contributed by atoms with Crippen molar-refractivity contribution in [3.8, 4) is 0 Å². The highest BCUT2D eigenvalue weighted by Crippen LogP contribution is 2.15. The number of nitrogens with one attached hydrogen (secondary N) is 1. The van der Waals surface area contributed by atoms with Crippen LogP contribution >= 0.6 is 11.6 Å². The third kappa shape index (κ3) is 5.31. The van der Waals surface area contributed by atoms with Crippen molar-refractivity contribution in [3.63, 3.8) is 0 Å². The van der Waals surface area contributed by atoms with E-state index < -0.39 is 6.04 Å². The highest BCUT2D eigenvalue weighted by molar-refractivity contribution is 6.30. The van der Waals surface area contributed by atoms with Crippen LogP contribution in [0.3, 0.4) is 0 Å². The molecule has 0 saturated carbocycles. The van der Waals surface area contributed by atoms with Gasteiger partial charge in [0.15, 0.2) is 0 Å². The third-order valence-corrected chi connectivity index (χ3v) is 3.55. The molecule has 2 N–H and O–H groups in total. The molecule has 0 aliphatic rings. The Morgan fingerprint density at radius 2 is 1.82 bits per heavy atom. The minimum absolute atomic E-state index is 0.0957. The zero-order chi connectivity index (χ0) is 16.7. The Morgan fingerprint density at radius 1 is 1.23 bits per heavy atom. The second-order valence-corrected chi connectivity index (χ2v) is 5.87. The topological polar surface area (TPSA) is 69.6 Å². The van der Waals surface area contributed by atoms with Crippen molar-refractivity contribution < 1.29 is 14.7 Å². The van der Waals surface area contributed by atoms with Crippen LogP contribution in [0.2, 0.25) is 5.02 Å². The maximum absolute atomic E-state index is 12.4. The van der Waals surface area contributed by atoms with Gasteiger partial charge in [0.25, 0.3) is 0 Å². The van der Waals surface area contributed by atoms with Gasteiger partial charge < -0.3 is 15.3 Å². The summed E-state index contributed by atoms with van der Waals surface area (Å²) in [5, 5.41) is 12.0. The van der Waals surface area contributed by atoms with Crippen molar-refractivity contribution in [1.82, 2.24) is 10.2 Å². The van der Waals surface area contributed by atoms with Crippen molar-refractivity contribution in [2.24, 2.45) is 5.92 Å². The van der Waals surface area contributed by atoms with E-state index in [9.17, 15) is 9.59 Å². The molecular weight excluding hydrogens is 304 g/mol. The number of aliphatic hydroxyl groups is 1. The summed E-state index contributed by atoms with van der Waals surface area (Å²) >= 11 is 5.86. The number of hydrogen-bond acceptors (Lipinski definition) is 3. The Bertz CT molecular complexity index is 503. The van der Waals surface area contributed by atoms with Crippen LogP contribution in [0, 0.1) is 5.92 Å². The number of halogens is 1. The van der Waals surface area contributed by atoms with Gasteiger partial charge in [-0.05, 0) is 24.6 Å². The lowest BCUT2D eigenvalue weighted by Crippen LogP contribution is -2.49. The molecule has 0 aromatic heterocycles. The summed E-state index contributed by atoms with van der Waals surface area (Å²) in [5.74, 6) is -0.584. The predicted molar refractivity (Wildman–Crippen MR) is 86.4 cm³/mol. The van der Waals surface area contributed by atoms with Gasteiger partial charge in [-0.25, -0.2) is 0 Å². The van der Waals surface area contributed by atoms with Crippen molar-refractivity contribution >= 4 is 23.4 Å². The summed E-state index contributed by atoms with van der Waals surface area (Å²) < 4.78 is 0. The SMILES string of the molecule is CC(C)C(=O)N(Cc1ccc(Cl)cc1)C(C)C(=O)NCCO. The molecule has 0 bridgehead atoms. The summed E-state index contributed by atoms with van der Waals surface area (Å²) in [7, 11) is 0. The molecule has 0 radical (unpaired) electrons. The number of amides is 2. The third-order valence-electron chi connectivity index (χ3n) is 3.30. The van der Waals surface area contributed by atoms with Gasteiger partial charge in [-0.1, -0.05) is 37.6 Å². The summed E-state index contributed by atoms with van der Waals surface area (Å²) in [6, 6.07) is 6.57. The standard InChI is InChI=1S/C16H23ClN2O3/c1-11(2)16(22)19(12(3)15(21)18-8-9-20)10-13-4-6-14(17)7-5-13/h4-7,11-12,20H,8-10H2,1-3H3,(H,18,21). The molecule has 1 aromatic carbocycles. The monoisotopic (exact) mass is 326 g/mol. The largest absolute Gasteiger partial charge is 0.395 e. The van der Waals surface area contributed by atoms with Crippen molar-refractivity contribution in [3.05, 3.63) is 34.9 Å². The molecule has 5 nitrogen and oxygen atoms in total. The zero-order valence-electron chi connectivity index (χ0n) is 13.2. The van der Waals surface area contributed by atoms with E-state index in [4.69, 9.17) is 16.7 Å². The van der Waals surface area contributed by atoms with Crippen LogP contribution in [0.5, 0.6) is 0 Å². The van der Waals surface area contributed by atoms with Crippen LogP contribution in [-0.2, 0) is 16.1 Å². The molecule has 0 spiro atoms. The fourth-order valence-electron chi connectivity index (χ4n) is 1.99. The Morgan fingerprint density at radius 3 is 2.32 bits per heavy atom. The van der Waals surface area contributed by atoms with E-state index in [2.05, 4.69) is 5.32 Å². The van der Waals surface area contributed by atoms with Gasteiger partial charge in [0.2, 0.25) is 11.8 Å². The first-order valence-electron chi connectivity index (χ1n) is 7.30. The van der Waals surface area contributed by atoms with Gasteiger partial charge >= 0.3 is 0 Å². The number of hydrogen-bond donors (Lipinski definition) is 2. The minimum Gasteiger partial charge on any atom is -0.395 e. The number of rotatable bonds is 7. The van der Waals surface area contributed by atoms with Crippen molar-refractivity contribution in [1.29, 1.82) is 0 Å². The number of carbonyl (C=O) groups is 2. The van der Waals surface area contributed by atoms with Gasteiger partial charge in [-0.2, -0.15) is 0 Å². The first-order chi connectivity index (χ1) is 10.4. The van der Waals surface area contributed by atoms with Crippen molar-refractivity contribution in [2.75, 3.05) is 13.2 Å². The molecule has 0 fully saturated rings. The maximum Gasteiger partial charge on any atom is 0.242 e. The molecular formula is C16H23ClN2O3. The summed E-state index contributed by atoms with van der Waals surface area (Å²) in [6.07, 6.45) is 0. The van der Waals surface area contributed by atoms with Gasteiger partial charge in [0.05, 0.1) is 6.61 Å². The van der Waals surface area contributed by atoms with Crippen LogP contribution in [0.15, 0.2) is 24.3 Å². The summed E-state index contributed by atoms with van der Waals surface area (Å²) in [6.45, 7) is 5.66. The van der Waals surface area contributed by atoms with Crippen LogP contribution in [0.1, 0.15) is 26.3 Å². The molecule has 1 atom stereocenters. The number of carbonyl (C=O) groups excluding carboxylic acids is 2. The fraction of sp³-hybridized carbons (Fsp3) is 0.500. The van der Waals surface area contributed by atoms with Crippen LogP contribution in [-0.4, -0.2) is 41.0 Å². The molecule has 122 valence electrons. The van der Waals surface area contributed by atoms with Gasteiger partial charge in [-0.3, -0.25) is 9.59 Å². The van der Waals surface area contributed by atoms with Gasteiger partial charge in [0, 0.05) is 24.0 Å². The molecule has 2 amide bonds. The molecule has 1 unspecified atom stereocenters. The first kappa shape index (κ1) is 18.5. The Hall–Kier alpha value is -1.59. The Kier molecular flexibility index (Phi) is 7.35. The van der Waals surface area contributed by atoms with E-state index >= 15 is 0 Å². The number of benzene rings is 1.